The summed E-state index contributed by atoms with van der Waals surface area (Å²) in [4.78, 5) is 24.7. The lowest BCUT2D eigenvalue weighted by Gasteiger charge is -2.14. The van der Waals surface area contributed by atoms with Gasteiger partial charge in [-0.3, -0.25) is 14.5 Å². The number of nitrogens with zero attached hydrogens (tertiary/aromatic N) is 1. The molecule has 0 aliphatic carbocycles. The number of imide groups is 1. The molecule has 0 saturated carbocycles. The van der Waals surface area contributed by atoms with Crippen LogP contribution in [0.2, 0.25) is 0 Å². The molecule has 5 nitrogen and oxygen atoms in total. The molecule has 2 rings (SSSR count). The lowest BCUT2D eigenvalue weighted by molar-refractivity contribution is -0.136. The molecule has 0 fully saturated rings. The fourth-order valence-corrected chi connectivity index (χ4v) is 1.89. The van der Waals surface area contributed by atoms with Gasteiger partial charge in [-0.2, -0.15) is 0 Å². The maximum atomic E-state index is 12.0. The monoisotopic (exact) mass is 260 g/mol. The van der Waals surface area contributed by atoms with Gasteiger partial charge in [0.25, 0.3) is 11.8 Å². The number of carbonyl (C=O) groups excluding carboxylic acids is 2. The van der Waals surface area contributed by atoms with Gasteiger partial charge in [0.15, 0.2) is 0 Å². The Morgan fingerprint density at radius 1 is 1.21 bits per heavy atom. The second kappa shape index (κ2) is 5.56. The summed E-state index contributed by atoms with van der Waals surface area (Å²) >= 11 is 0. The molecular formula is C14H16N2O3. The third kappa shape index (κ3) is 2.59. The van der Waals surface area contributed by atoms with Gasteiger partial charge in [0, 0.05) is 12.6 Å². The number of amides is 2. The van der Waals surface area contributed by atoms with Crippen molar-refractivity contribution in [3.8, 4) is 5.75 Å². The molecular weight excluding hydrogens is 244 g/mol. The summed E-state index contributed by atoms with van der Waals surface area (Å²) in [6, 6.07) is 7.30. The van der Waals surface area contributed by atoms with Crippen molar-refractivity contribution in [1.29, 1.82) is 0 Å². The van der Waals surface area contributed by atoms with Gasteiger partial charge in [-0.15, -0.1) is 0 Å². The van der Waals surface area contributed by atoms with E-state index in [4.69, 9.17) is 4.74 Å². The Hall–Kier alpha value is -2.30. The van der Waals surface area contributed by atoms with Crippen molar-refractivity contribution in [2.45, 2.75) is 13.8 Å². The molecule has 100 valence electrons. The Kier molecular flexibility index (Phi) is 3.85. The molecule has 0 bridgehead atoms. The molecule has 5 heteroatoms. The fraction of sp³-hybridized carbons (Fsp3) is 0.286. The third-order valence-electron chi connectivity index (χ3n) is 2.78. The number of nitrogens with one attached hydrogen (secondary N) is 1. The van der Waals surface area contributed by atoms with Crippen molar-refractivity contribution in [2.24, 2.45) is 0 Å². The summed E-state index contributed by atoms with van der Waals surface area (Å²) < 4.78 is 5.46. The van der Waals surface area contributed by atoms with Crippen LogP contribution in [0.1, 0.15) is 13.8 Å². The van der Waals surface area contributed by atoms with Gasteiger partial charge in [0.2, 0.25) is 0 Å². The molecule has 2 amide bonds. The van der Waals surface area contributed by atoms with Crippen molar-refractivity contribution < 1.29 is 14.3 Å². The van der Waals surface area contributed by atoms with Gasteiger partial charge in [-0.1, -0.05) is 12.1 Å². The quantitative estimate of drug-likeness (QED) is 0.820. The van der Waals surface area contributed by atoms with Crippen LogP contribution in [0.25, 0.3) is 0 Å². The molecule has 0 aromatic heterocycles. The van der Waals surface area contributed by atoms with E-state index >= 15 is 0 Å². The molecule has 0 unspecified atom stereocenters. The zero-order chi connectivity index (χ0) is 13.8. The van der Waals surface area contributed by atoms with Crippen molar-refractivity contribution in [3.05, 3.63) is 36.0 Å². The highest BCUT2D eigenvalue weighted by Gasteiger charge is 2.30. The average molecular weight is 260 g/mol. The van der Waals surface area contributed by atoms with E-state index in [9.17, 15) is 9.59 Å². The Morgan fingerprint density at radius 2 is 1.95 bits per heavy atom. The van der Waals surface area contributed by atoms with Crippen LogP contribution < -0.4 is 10.1 Å². The molecule has 1 aromatic carbocycles. The normalized spacial score (nSPS) is 14.6. The molecule has 0 saturated heterocycles. The van der Waals surface area contributed by atoms with E-state index in [0.717, 1.165) is 0 Å². The molecule has 1 heterocycles. The standard InChI is InChI=1S/C14H16N2O3/c1-3-16-13(17)9-11(14(16)18)15-10-7-5-6-8-12(10)19-4-2/h5-9,15H,3-4H2,1-2H3. The number of anilines is 1. The summed E-state index contributed by atoms with van der Waals surface area (Å²) in [6.45, 7) is 4.55. The lowest BCUT2D eigenvalue weighted by Crippen LogP contribution is -2.31. The second-order valence-electron chi connectivity index (χ2n) is 4.00. The predicted octanol–water partition coefficient (Wildman–Crippen LogP) is 1.77. The van der Waals surface area contributed by atoms with Crippen LogP contribution in [0.4, 0.5) is 5.69 Å². The number of benzene rings is 1. The van der Waals surface area contributed by atoms with E-state index < -0.39 is 0 Å². The van der Waals surface area contributed by atoms with Gasteiger partial charge in [0.1, 0.15) is 11.4 Å². The highest BCUT2D eigenvalue weighted by molar-refractivity contribution is 6.17. The number of rotatable bonds is 5. The van der Waals surface area contributed by atoms with E-state index in [1.165, 1.54) is 11.0 Å². The maximum absolute atomic E-state index is 12.0. The summed E-state index contributed by atoms with van der Waals surface area (Å²) in [5.74, 6) is 0.0591. The van der Waals surface area contributed by atoms with Crippen LogP contribution >= 0.6 is 0 Å². The van der Waals surface area contributed by atoms with Crippen LogP contribution in [-0.4, -0.2) is 29.9 Å². The minimum atomic E-state index is -0.307. The summed E-state index contributed by atoms with van der Waals surface area (Å²) in [7, 11) is 0. The van der Waals surface area contributed by atoms with E-state index in [0.29, 0.717) is 24.6 Å². The number of hydrogen-bond acceptors (Lipinski definition) is 4. The maximum Gasteiger partial charge on any atom is 0.277 e. The summed E-state index contributed by atoms with van der Waals surface area (Å²) in [5.41, 5.74) is 0.953. The van der Waals surface area contributed by atoms with Crippen molar-refractivity contribution >= 4 is 17.5 Å². The predicted molar refractivity (Wildman–Crippen MR) is 71.7 cm³/mol. The van der Waals surface area contributed by atoms with E-state index in [1.54, 1.807) is 13.0 Å². The number of carbonyl (C=O) groups is 2. The molecule has 1 aromatic rings. The molecule has 1 aliphatic heterocycles. The van der Waals surface area contributed by atoms with Gasteiger partial charge in [-0.05, 0) is 26.0 Å². The molecule has 1 N–H and O–H groups in total. The van der Waals surface area contributed by atoms with Crippen LogP contribution in [0.15, 0.2) is 36.0 Å². The summed E-state index contributed by atoms with van der Waals surface area (Å²) in [5, 5.41) is 2.96. The molecule has 0 spiro atoms. The fourth-order valence-electron chi connectivity index (χ4n) is 1.89. The lowest BCUT2D eigenvalue weighted by atomic mass is 10.2. The topological polar surface area (TPSA) is 58.6 Å². The molecule has 1 aliphatic rings. The van der Waals surface area contributed by atoms with E-state index in [2.05, 4.69) is 5.32 Å². The minimum absolute atomic E-state index is 0.277. The van der Waals surface area contributed by atoms with Gasteiger partial charge in [0.05, 0.1) is 12.3 Å². The van der Waals surface area contributed by atoms with Crippen LogP contribution in [0.3, 0.4) is 0 Å². The Bertz CT molecular complexity index is 537. The first-order valence-electron chi connectivity index (χ1n) is 6.23. The number of hydrogen-bond donors (Lipinski definition) is 1. The van der Waals surface area contributed by atoms with Crippen molar-refractivity contribution in [2.75, 3.05) is 18.5 Å². The first kappa shape index (κ1) is 13.1. The smallest absolute Gasteiger partial charge is 0.277 e. The second-order valence-corrected chi connectivity index (χ2v) is 4.00. The first-order valence-corrected chi connectivity index (χ1v) is 6.23. The number of likely N-dealkylation sites (N-methyl/N-ethyl adjacent to an activating group) is 1. The molecule has 19 heavy (non-hydrogen) atoms. The van der Waals surface area contributed by atoms with Crippen LogP contribution in [0.5, 0.6) is 5.75 Å². The number of para-hydroxylation sites is 2. The highest BCUT2D eigenvalue weighted by atomic mass is 16.5. The zero-order valence-corrected chi connectivity index (χ0v) is 11.0. The third-order valence-corrected chi connectivity index (χ3v) is 2.78. The van der Waals surface area contributed by atoms with Gasteiger partial charge < -0.3 is 10.1 Å². The van der Waals surface area contributed by atoms with E-state index in [1.807, 2.05) is 25.1 Å². The zero-order valence-electron chi connectivity index (χ0n) is 11.0. The van der Waals surface area contributed by atoms with Crippen molar-refractivity contribution in [1.82, 2.24) is 4.90 Å². The van der Waals surface area contributed by atoms with Crippen LogP contribution in [0, 0.1) is 0 Å². The average Bonchev–Trinajstić information content (AvgIpc) is 2.67. The largest absolute Gasteiger partial charge is 0.492 e. The Morgan fingerprint density at radius 3 is 2.58 bits per heavy atom. The Labute approximate surface area is 111 Å². The minimum Gasteiger partial charge on any atom is -0.492 e. The Balaban J connectivity index is 2.21. The van der Waals surface area contributed by atoms with Crippen molar-refractivity contribution in [3.63, 3.8) is 0 Å². The SMILES string of the molecule is CCOc1ccccc1NC1=CC(=O)N(CC)C1=O. The van der Waals surface area contributed by atoms with Gasteiger partial charge in [-0.25, -0.2) is 0 Å². The van der Waals surface area contributed by atoms with E-state index in [-0.39, 0.29) is 17.5 Å². The molecule has 0 atom stereocenters. The highest BCUT2D eigenvalue weighted by Crippen LogP contribution is 2.26. The first-order chi connectivity index (χ1) is 9.17. The van der Waals surface area contributed by atoms with Crippen LogP contribution in [-0.2, 0) is 9.59 Å². The number of ether oxygens (including phenoxy) is 1. The summed E-state index contributed by atoms with van der Waals surface area (Å²) in [6.07, 6.45) is 1.31. The molecule has 0 radical (unpaired) electrons. The van der Waals surface area contributed by atoms with Gasteiger partial charge >= 0.3 is 0 Å².